The number of carbonyl (C=O) groups excluding carboxylic acids is 1. The van der Waals surface area contributed by atoms with Gasteiger partial charge in [-0.3, -0.25) is 4.79 Å². The Morgan fingerprint density at radius 3 is 2.38 bits per heavy atom. The fourth-order valence-electron chi connectivity index (χ4n) is 2.47. The van der Waals surface area contributed by atoms with Gasteiger partial charge in [0.25, 0.3) is 0 Å². The Hall–Kier alpha value is -0.800. The van der Waals surface area contributed by atoms with Crippen LogP contribution in [0.25, 0.3) is 21.5 Å². The van der Waals surface area contributed by atoms with Crippen molar-refractivity contribution in [3.8, 4) is 0 Å². The van der Waals surface area contributed by atoms with Crippen LogP contribution in [0.1, 0.15) is 10.4 Å². The van der Waals surface area contributed by atoms with Gasteiger partial charge in [0, 0.05) is 21.0 Å². The zero-order valence-corrected chi connectivity index (χ0v) is 14.4. The molecule has 0 aromatic heterocycles. The zero-order valence-electron chi connectivity index (χ0n) is 10.6. The SMILES string of the molecule is O=C(CBr)c1cc2ccc(Cl)cc2c2c(Cl)cc(Cl)cc12. The van der Waals surface area contributed by atoms with E-state index < -0.39 is 0 Å². The van der Waals surface area contributed by atoms with Crippen molar-refractivity contribution in [2.75, 3.05) is 5.33 Å². The molecule has 0 aliphatic carbocycles. The van der Waals surface area contributed by atoms with Gasteiger partial charge in [0.05, 0.1) is 10.4 Å². The van der Waals surface area contributed by atoms with Crippen LogP contribution in [-0.2, 0) is 0 Å². The van der Waals surface area contributed by atoms with E-state index in [4.69, 9.17) is 34.8 Å². The Labute approximate surface area is 144 Å². The normalized spacial score (nSPS) is 11.2. The summed E-state index contributed by atoms with van der Waals surface area (Å²) in [6, 6.07) is 10.8. The molecule has 0 radical (unpaired) electrons. The molecule has 0 atom stereocenters. The first kappa shape index (κ1) is 15.1. The molecule has 0 aliphatic heterocycles. The molecule has 1 nitrogen and oxygen atoms in total. The Kier molecular flexibility index (Phi) is 4.15. The molecule has 0 bridgehead atoms. The molecular weight excluding hydrogens is 394 g/mol. The summed E-state index contributed by atoms with van der Waals surface area (Å²) in [7, 11) is 0. The van der Waals surface area contributed by atoms with Crippen molar-refractivity contribution in [1.29, 1.82) is 0 Å². The molecule has 0 N–H and O–H groups in total. The Bertz CT molecular complexity index is 890. The van der Waals surface area contributed by atoms with E-state index in [1.807, 2.05) is 18.2 Å². The number of alkyl halides is 1. The first-order chi connectivity index (χ1) is 10.0. The molecule has 0 aliphatic rings. The summed E-state index contributed by atoms with van der Waals surface area (Å²) in [5.41, 5.74) is 0.598. The highest BCUT2D eigenvalue weighted by atomic mass is 79.9. The van der Waals surface area contributed by atoms with Crippen LogP contribution < -0.4 is 0 Å². The van der Waals surface area contributed by atoms with E-state index in [1.165, 1.54) is 0 Å². The summed E-state index contributed by atoms with van der Waals surface area (Å²) in [6.07, 6.45) is 0. The quantitative estimate of drug-likeness (QED) is 0.270. The minimum Gasteiger partial charge on any atom is -0.293 e. The average molecular weight is 403 g/mol. The van der Waals surface area contributed by atoms with E-state index in [0.717, 1.165) is 21.5 Å². The maximum Gasteiger partial charge on any atom is 0.174 e. The van der Waals surface area contributed by atoms with Crippen molar-refractivity contribution in [2.24, 2.45) is 0 Å². The summed E-state index contributed by atoms with van der Waals surface area (Å²) in [6.45, 7) is 0. The number of benzene rings is 3. The molecule has 0 heterocycles. The van der Waals surface area contributed by atoms with Gasteiger partial charge in [-0.2, -0.15) is 0 Å². The van der Waals surface area contributed by atoms with Crippen LogP contribution in [0.2, 0.25) is 15.1 Å². The van der Waals surface area contributed by atoms with Crippen molar-refractivity contribution in [2.45, 2.75) is 0 Å². The van der Waals surface area contributed by atoms with Crippen LogP contribution in [0, 0.1) is 0 Å². The van der Waals surface area contributed by atoms with Gasteiger partial charge >= 0.3 is 0 Å². The number of ketones is 1. The second kappa shape index (κ2) is 5.77. The van der Waals surface area contributed by atoms with E-state index in [9.17, 15) is 4.79 Å². The minimum atomic E-state index is -0.0183. The van der Waals surface area contributed by atoms with E-state index in [0.29, 0.717) is 20.6 Å². The number of hydrogen-bond acceptors (Lipinski definition) is 1. The lowest BCUT2D eigenvalue weighted by Crippen LogP contribution is -2.01. The van der Waals surface area contributed by atoms with Crippen molar-refractivity contribution in [3.63, 3.8) is 0 Å². The minimum absolute atomic E-state index is 0.0183. The van der Waals surface area contributed by atoms with Gasteiger partial charge in [-0.05, 0) is 46.5 Å². The number of carbonyl (C=O) groups is 1. The fourth-order valence-corrected chi connectivity index (χ4v) is 3.54. The molecule has 21 heavy (non-hydrogen) atoms. The van der Waals surface area contributed by atoms with Crippen LogP contribution >= 0.6 is 50.7 Å². The average Bonchev–Trinajstić information content (AvgIpc) is 2.45. The van der Waals surface area contributed by atoms with Gasteiger partial charge in [0.2, 0.25) is 0 Å². The third-order valence-corrected chi connectivity index (χ3v) is 4.61. The topological polar surface area (TPSA) is 17.1 Å². The van der Waals surface area contributed by atoms with Gasteiger partial charge in [0.15, 0.2) is 5.78 Å². The monoisotopic (exact) mass is 400 g/mol. The second-order valence-electron chi connectivity index (χ2n) is 4.66. The van der Waals surface area contributed by atoms with E-state index in [-0.39, 0.29) is 11.1 Å². The fraction of sp³-hybridized carbons (Fsp3) is 0.0625. The molecule has 0 amide bonds. The van der Waals surface area contributed by atoms with Crippen LogP contribution in [-0.4, -0.2) is 11.1 Å². The Morgan fingerprint density at radius 2 is 1.67 bits per heavy atom. The third kappa shape index (κ3) is 2.66. The van der Waals surface area contributed by atoms with Crippen molar-refractivity contribution in [3.05, 3.63) is 57.0 Å². The predicted octanol–water partition coefficient (Wildman–Crippen LogP) is 6.53. The van der Waals surface area contributed by atoms with E-state index in [2.05, 4.69) is 15.9 Å². The summed E-state index contributed by atoms with van der Waals surface area (Å²) in [5, 5.41) is 5.23. The maximum absolute atomic E-state index is 12.2. The molecule has 0 fully saturated rings. The highest BCUT2D eigenvalue weighted by Gasteiger charge is 2.15. The number of Topliss-reactive ketones (excluding diaryl/α,β-unsaturated/α-hetero) is 1. The van der Waals surface area contributed by atoms with Gasteiger partial charge < -0.3 is 0 Å². The zero-order chi connectivity index (χ0) is 15.1. The lowest BCUT2D eigenvalue weighted by atomic mass is 9.95. The van der Waals surface area contributed by atoms with Crippen molar-refractivity contribution in [1.82, 2.24) is 0 Å². The predicted molar refractivity (Wildman–Crippen MR) is 94.6 cm³/mol. The highest BCUT2D eigenvalue weighted by Crippen LogP contribution is 2.37. The van der Waals surface area contributed by atoms with Crippen LogP contribution in [0.4, 0.5) is 0 Å². The van der Waals surface area contributed by atoms with Gasteiger partial charge in [0.1, 0.15) is 0 Å². The van der Waals surface area contributed by atoms with E-state index >= 15 is 0 Å². The molecule has 0 spiro atoms. The lowest BCUT2D eigenvalue weighted by molar-refractivity contribution is 0.102. The molecule has 3 aromatic carbocycles. The summed E-state index contributed by atoms with van der Waals surface area (Å²) < 4.78 is 0. The van der Waals surface area contributed by atoms with E-state index in [1.54, 1.807) is 18.2 Å². The molecule has 0 saturated carbocycles. The highest BCUT2D eigenvalue weighted by molar-refractivity contribution is 9.09. The first-order valence-electron chi connectivity index (χ1n) is 6.11. The summed E-state index contributed by atoms with van der Waals surface area (Å²) >= 11 is 21.8. The molecular formula is C16H8BrCl3O. The lowest BCUT2D eigenvalue weighted by Gasteiger charge is -2.11. The smallest absolute Gasteiger partial charge is 0.174 e. The Morgan fingerprint density at radius 1 is 0.952 bits per heavy atom. The van der Waals surface area contributed by atoms with Gasteiger partial charge in [-0.15, -0.1) is 0 Å². The number of halogens is 4. The number of hydrogen-bond donors (Lipinski definition) is 0. The van der Waals surface area contributed by atoms with Crippen molar-refractivity contribution >= 4 is 78.1 Å². The number of fused-ring (bicyclic) bond motifs is 3. The van der Waals surface area contributed by atoms with Gasteiger partial charge in [-0.25, -0.2) is 0 Å². The van der Waals surface area contributed by atoms with Crippen molar-refractivity contribution < 1.29 is 4.79 Å². The van der Waals surface area contributed by atoms with Crippen LogP contribution in [0.5, 0.6) is 0 Å². The maximum atomic E-state index is 12.2. The summed E-state index contributed by atoms with van der Waals surface area (Å²) in [4.78, 5) is 12.2. The third-order valence-electron chi connectivity index (χ3n) is 3.35. The van der Waals surface area contributed by atoms with Gasteiger partial charge in [-0.1, -0.05) is 56.8 Å². The first-order valence-corrected chi connectivity index (χ1v) is 8.37. The van der Waals surface area contributed by atoms with Crippen LogP contribution in [0.3, 0.4) is 0 Å². The largest absolute Gasteiger partial charge is 0.293 e. The molecule has 5 heteroatoms. The Balaban J connectivity index is 2.58. The van der Waals surface area contributed by atoms with Crippen LogP contribution in [0.15, 0.2) is 36.4 Å². The number of rotatable bonds is 2. The molecule has 3 rings (SSSR count). The standard InChI is InChI=1S/C16H8BrCl3O/c17-7-15(21)12-3-8-1-2-9(18)4-11(8)16-13(12)5-10(19)6-14(16)20/h1-6H,7H2. The summed E-state index contributed by atoms with van der Waals surface area (Å²) in [5.74, 6) is -0.0183. The molecule has 0 saturated heterocycles. The molecule has 106 valence electrons. The molecule has 3 aromatic rings. The second-order valence-corrected chi connectivity index (χ2v) is 6.50. The molecule has 0 unspecified atom stereocenters.